The molecule has 1 aromatic rings. The van der Waals surface area contributed by atoms with Gasteiger partial charge in [-0.2, -0.15) is 0 Å². The van der Waals surface area contributed by atoms with Gasteiger partial charge in [-0.3, -0.25) is 4.79 Å². The summed E-state index contributed by atoms with van der Waals surface area (Å²) in [5, 5.41) is 9.37. The number of methoxy groups -OCH3 is 2. The van der Waals surface area contributed by atoms with Crippen molar-refractivity contribution in [2.45, 2.75) is 38.1 Å². The molecule has 0 amide bonds. The van der Waals surface area contributed by atoms with Crippen molar-refractivity contribution < 1.29 is 19.4 Å². The van der Waals surface area contributed by atoms with Gasteiger partial charge in [-0.15, -0.1) is 12.4 Å². The van der Waals surface area contributed by atoms with Gasteiger partial charge < -0.3 is 20.3 Å². The van der Waals surface area contributed by atoms with Crippen molar-refractivity contribution in [3.05, 3.63) is 23.8 Å². The quantitative estimate of drug-likeness (QED) is 0.770. The smallest absolute Gasteiger partial charge is 0.324 e. The minimum absolute atomic E-state index is 0. The van der Waals surface area contributed by atoms with Crippen LogP contribution in [-0.4, -0.2) is 30.8 Å². The fourth-order valence-corrected chi connectivity index (χ4v) is 2.12. The molecule has 1 rings (SSSR count). The van der Waals surface area contributed by atoms with Crippen molar-refractivity contribution >= 4 is 18.4 Å². The highest BCUT2D eigenvalue weighted by Crippen LogP contribution is 2.29. The van der Waals surface area contributed by atoms with Crippen molar-refractivity contribution in [2.75, 3.05) is 14.2 Å². The highest BCUT2D eigenvalue weighted by molar-refractivity contribution is 5.85. The van der Waals surface area contributed by atoms with E-state index in [4.69, 9.17) is 15.2 Å². The lowest BCUT2D eigenvalue weighted by molar-refractivity contribution is -0.143. The van der Waals surface area contributed by atoms with Crippen LogP contribution >= 0.6 is 12.4 Å². The molecule has 1 unspecified atom stereocenters. The molecule has 0 aromatic heterocycles. The number of carboxylic acid groups (broad SMARTS) is 1. The largest absolute Gasteiger partial charge is 0.493 e. The van der Waals surface area contributed by atoms with Gasteiger partial charge in [0.1, 0.15) is 5.54 Å². The third kappa shape index (κ3) is 5.10. The molecule has 0 radical (unpaired) electrons. The van der Waals surface area contributed by atoms with Crippen LogP contribution in [0.5, 0.6) is 11.5 Å². The molecule has 0 saturated carbocycles. The molecule has 0 heterocycles. The lowest BCUT2D eigenvalue weighted by Gasteiger charge is -2.25. The Morgan fingerprint density at radius 3 is 2.38 bits per heavy atom. The summed E-state index contributed by atoms with van der Waals surface area (Å²) in [7, 11) is 3.11. The predicted molar refractivity (Wildman–Crippen MR) is 84.6 cm³/mol. The van der Waals surface area contributed by atoms with E-state index in [0.717, 1.165) is 18.4 Å². The first-order valence-corrected chi connectivity index (χ1v) is 6.70. The molecule has 1 atom stereocenters. The molecule has 21 heavy (non-hydrogen) atoms. The summed E-state index contributed by atoms with van der Waals surface area (Å²) in [6.45, 7) is 2.01. The molecule has 6 heteroatoms. The maximum atomic E-state index is 11.4. The monoisotopic (exact) mass is 317 g/mol. The molecule has 120 valence electrons. The fraction of sp³-hybridized carbons (Fsp3) is 0.533. The van der Waals surface area contributed by atoms with Gasteiger partial charge >= 0.3 is 5.97 Å². The Bertz CT molecular complexity index is 467. The molecule has 5 nitrogen and oxygen atoms in total. The Balaban J connectivity index is 0.00000400. The molecule has 0 spiro atoms. The van der Waals surface area contributed by atoms with Crippen LogP contribution < -0.4 is 15.2 Å². The Morgan fingerprint density at radius 1 is 1.29 bits per heavy atom. The molecule has 0 aliphatic carbocycles. The maximum Gasteiger partial charge on any atom is 0.324 e. The van der Waals surface area contributed by atoms with Crippen molar-refractivity contribution in [2.24, 2.45) is 5.73 Å². The fourth-order valence-electron chi connectivity index (χ4n) is 2.12. The van der Waals surface area contributed by atoms with Crippen LogP contribution in [-0.2, 0) is 11.2 Å². The van der Waals surface area contributed by atoms with E-state index in [2.05, 4.69) is 0 Å². The van der Waals surface area contributed by atoms with Crippen LogP contribution in [0.25, 0.3) is 0 Å². The second-order valence-corrected chi connectivity index (χ2v) is 4.93. The van der Waals surface area contributed by atoms with Crippen molar-refractivity contribution in [1.29, 1.82) is 0 Å². The molecule has 3 N–H and O–H groups in total. The van der Waals surface area contributed by atoms with E-state index < -0.39 is 11.5 Å². The number of benzene rings is 1. The number of unbranched alkanes of at least 4 members (excludes halogenated alkanes) is 1. The molecular weight excluding hydrogens is 294 g/mol. The van der Waals surface area contributed by atoms with E-state index in [-0.39, 0.29) is 18.8 Å². The van der Waals surface area contributed by atoms with Crippen LogP contribution in [0.2, 0.25) is 0 Å². The van der Waals surface area contributed by atoms with Crippen molar-refractivity contribution in [1.82, 2.24) is 0 Å². The number of aliphatic carboxylic acids is 1. The second-order valence-electron chi connectivity index (χ2n) is 4.93. The van der Waals surface area contributed by atoms with Gasteiger partial charge in [-0.1, -0.05) is 25.8 Å². The molecular formula is C15H24ClNO4. The lowest BCUT2D eigenvalue weighted by atomic mass is 9.87. The van der Waals surface area contributed by atoms with Crippen LogP contribution in [0.3, 0.4) is 0 Å². The zero-order chi connectivity index (χ0) is 15.2. The van der Waals surface area contributed by atoms with Gasteiger partial charge in [0.05, 0.1) is 14.2 Å². The summed E-state index contributed by atoms with van der Waals surface area (Å²) in [5.41, 5.74) is 5.63. The number of ether oxygens (including phenoxy) is 2. The number of carboxylic acids is 1. The van der Waals surface area contributed by atoms with Gasteiger partial charge in [0.25, 0.3) is 0 Å². The van der Waals surface area contributed by atoms with Crippen LogP contribution in [0.1, 0.15) is 31.7 Å². The first kappa shape index (κ1) is 19.5. The SMILES string of the molecule is CCCCC(N)(Cc1ccc(OC)c(OC)c1)C(=O)O.Cl. The lowest BCUT2D eigenvalue weighted by Crippen LogP contribution is -2.49. The van der Waals surface area contributed by atoms with E-state index in [9.17, 15) is 9.90 Å². The van der Waals surface area contributed by atoms with E-state index >= 15 is 0 Å². The second kappa shape index (κ2) is 8.74. The minimum Gasteiger partial charge on any atom is -0.493 e. The molecule has 0 fully saturated rings. The maximum absolute atomic E-state index is 11.4. The summed E-state index contributed by atoms with van der Waals surface area (Å²) in [5.74, 6) is 0.219. The Hall–Kier alpha value is -1.46. The highest BCUT2D eigenvalue weighted by Gasteiger charge is 2.33. The molecule has 0 aliphatic heterocycles. The summed E-state index contributed by atoms with van der Waals surface area (Å²) < 4.78 is 10.4. The summed E-state index contributed by atoms with van der Waals surface area (Å²) in [6.07, 6.45) is 2.42. The molecule has 1 aromatic carbocycles. The zero-order valence-corrected chi connectivity index (χ0v) is 13.5. The molecule has 0 aliphatic rings. The number of carbonyl (C=O) groups is 1. The molecule has 0 bridgehead atoms. The Kier molecular flexibility index (Phi) is 8.14. The average molecular weight is 318 g/mol. The van der Waals surface area contributed by atoms with E-state index in [0.29, 0.717) is 17.9 Å². The number of nitrogens with two attached hydrogens (primary N) is 1. The van der Waals surface area contributed by atoms with Gasteiger partial charge in [-0.25, -0.2) is 0 Å². The van der Waals surface area contributed by atoms with Crippen molar-refractivity contribution in [3.63, 3.8) is 0 Å². The number of hydrogen-bond acceptors (Lipinski definition) is 4. The number of halogens is 1. The first-order chi connectivity index (χ1) is 9.46. The summed E-state index contributed by atoms with van der Waals surface area (Å²) in [6, 6.07) is 5.35. The number of rotatable bonds is 8. The average Bonchev–Trinajstić information content (AvgIpc) is 2.44. The van der Waals surface area contributed by atoms with Crippen LogP contribution in [0.4, 0.5) is 0 Å². The topological polar surface area (TPSA) is 81.8 Å². The third-order valence-electron chi connectivity index (χ3n) is 3.37. The van der Waals surface area contributed by atoms with Gasteiger partial charge in [0.2, 0.25) is 0 Å². The normalized spacial score (nSPS) is 13.0. The highest BCUT2D eigenvalue weighted by atomic mass is 35.5. The van der Waals surface area contributed by atoms with Crippen LogP contribution in [0, 0.1) is 0 Å². The minimum atomic E-state index is -1.24. The zero-order valence-electron chi connectivity index (χ0n) is 12.7. The summed E-state index contributed by atoms with van der Waals surface area (Å²) >= 11 is 0. The number of hydrogen-bond donors (Lipinski definition) is 2. The summed E-state index contributed by atoms with van der Waals surface area (Å²) in [4.78, 5) is 11.4. The Labute approximate surface area is 131 Å². The van der Waals surface area contributed by atoms with Crippen molar-refractivity contribution in [3.8, 4) is 11.5 Å². The van der Waals surface area contributed by atoms with E-state index in [1.807, 2.05) is 13.0 Å². The van der Waals surface area contributed by atoms with Gasteiger partial charge in [-0.05, 0) is 24.1 Å². The first-order valence-electron chi connectivity index (χ1n) is 6.70. The van der Waals surface area contributed by atoms with Gasteiger partial charge in [0, 0.05) is 6.42 Å². The molecule has 0 saturated heterocycles. The predicted octanol–water partition coefficient (Wildman–Crippen LogP) is 2.64. The van der Waals surface area contributed by atoms with Gasteiger partial charge in [0.15, 0.2) is 11.5 Å². The standard InChI is InChI=1S/C15H23NO4.ClH/c1-4-5-8-15(16,14(17)18)10-11-6-7-12(19-2)13(9-11)20-3;/h6-7,9H,4-5,8,10,16H2,1-3H3,(H,17,18);1H. The van der Waals surface area contributed by atoms with E-state index in [1.165, 1.54) is 0 Å². The van der Waals surface area contributed by atoms with Crippen LogP contribution in [0.15, 0.2) is 18.2 Å². The third-order valence-corrected chi connectivity index (χ3v) is 3.37. The Morgan fingerprint density at radius 2 is 1.90 bits per heavy atom. The van der Waals surface area contributed by atoms with E-state index in [1.54, 1.807) is 26.4 Å².